The molecule has 4 nitrogen and oxygen atoms in total. The van der Waals surface area contributed by atoms with Crippen LogP contribution in [0.25, 0.3) is 0 Å². The van der Waals surface area contributed by atoms with Crippen molar-refractivity contribution in [1.29, 1.82) is 0 Å². The Morgan fingerprint density at radius 1 is 1.14 bits per heavy atom. The van der Waals surface area contributed by atoms with Gasteiger partial charge in [0.1, 0.15) is 5.75 Å². The topological polar surface area (TPSA) is 39.9 Å². The zero-order chi connectivity index (χ0) is 19.9. The molecule has 0 fully saturated rings. The number of aryl methyl sites for hydroxylation is 2. The third kappa shape index (κ3) is 5.04. The van der Waals surface area contributed by atoms with Gasteiger partial charge in [0.25, 0.3) is 0 Å². The lowest BCUT2D eigenvalue weighted by Gasteiger charge is -2.16. The van der Waals surface area contributed by atoms with Crippen LogP contribution in [0.1, 0.15) is 42.5 Å². The van der Waals surface area contributed by atoms with Crippen molar-refractivity contribution in [3.8, 4) is 5.75 Å². The predicted octanol–water partition coefficient (Wildman–Crippen LogP) is 5.77. The van der Waals surface area contributed by atoms with E-state index in [0.29, 0.717) is 6.54 Å². The third-order valence-corrected chi connectivity index (χ3v) is 5.55. The molecule has 0 N–H and O–H groups in total. The second-order valence-corrected chi connectivity index (χ2v) is 7.72. The van der Waals surface area contributed by atoms with Crippen LogP contribution in [0.4, 0.5) is 0 Å². The molecular weight excluding hydrogens is 366 g/mol. The summed E-state index contributed by atoms with van der Waals surface area (Å²) in [5.41, 5.74) is 3.84. The molecule has 1 atom stereocenters. The van der Waals surface area contributed by atoms with Crippen LogP contribution in [-0.2, 0) is 18.7 Å². The van der Waals surface area contributed by atoms with Gasteiger partial charge < -0.3 is 4.74 Å². The Hall–Kier alpha value is -2.53. The fourth-order valence-corrected chi connectivity index (χ4v) is 3.92. The van der Waals surface area contributed by atoms with E-state index in [1.165, 1.54) is 16.7 Å². The van der Waals surface area contributed by atoms with Crippen LogP contribution < -0.4 is 4.74 Å². The smallest absolute Gasteiger partial charge is 0.191 e. The summed E-state index contributed by atoms with van der Waals surface area (Å²) in [6.07, 6.45) is 2.69. The Balaban J connectivity index is 1.74. The minimum absolute atomic E-state index is 0.201. The second-order valence-electron chi connectivity index (χ2n) is 6.78. The molecule has 3 rings (SSSR count). The van der Waals surface area contributed by atoms with Crippen molar-refractivity contribution in [3.63, 3.8) is 0 Å². The Kier molecular flexibility index (Phi) is 6.93. The van der Waals surface area contributed by atoms with Crippen molar-refractivity contribution >= 4 is 11.8 Å². The monoisotopic (exact) mass is 393 g/mol. The highest BCUT2D eigenvalue weighted by atomic mass is 32.2. The molecule has 28 heavy (non-hydrogen) atoms. The van der Waals surface area contributed by atoms with Gasteiger partial charge in [0, 0.05) is 12.3 Å². The van der Waals surface area contributed by atoms with Gasteiger partial charge in [-0.05, 0) is 43.5 Å². The highest BCUT2D eigenvalue weighted by Gasteiger charge is 2.19. The summed E-state index contributed by atoms with van der Waals surface area (Å²) in [7, 11) is 0. The maximum absolute atomic E-state index is 6.11. The molecule has 2 aromatic carbocycles. The van der Waals surface area contributed by atoms with Crippen molar-refractivity contribution < 1.29 is 4.74 Å². The Labute approximate surface area is 171 Å². The van der Waals surface area contributed by atoms with Gasteiger partial charge >= 0.3 is 0 Å². The first-order valence-electron chi connectivity index (χ1n) is 9.58. The summed E-state index contributed by atoms with van der Waals surface area (Å²) in [4.78, 5) is 0. The molecule has 0 aliphatic rings. The fraction of sp³-hybridized carbons (Fsp3) is 0.304. The van der Waals surface area contributed by atoms with E-state index in [9.17, 15) is 0 Å². The Morgan fingerprint density at radius 3 is 2.61 bits per heavy atom. The quantitative estimate of drug-likeness (QED) is 0.342. The zero-order valence-corrected chi connectivity index (χ0v) is 17.6. The van der Waals surface area contributed by atoms with Crippen LogP contribution in [0.2, 0.25) is 0 Å². The van der Waals surface area contributed by atoms with Gasteiger partial charge in [0.05, 0.1) is 0 Å². The highest BCUT2D eigenvalue weighted by Crippen LogP contribution is 2.27. The van der Waals surface area contributed by atoms with E-state index in [1.807, 2.05) is 25.1 Å². The molecule has 0 aliphatic heterocycles. The molecule has 0 saturated heterocycles. The summed E-state index contributed by atoms with van der Waals surface area (Å²) in [6, 6.07) is 16.8. The van der Waals surface area contributed by atoms with E-state index in [4.69, 9.17) is 4.74 Å². The van der Waals surface area contributed by atoms with Crippen LogP contribution >= 0.6 is 11.8 Å². The summed E-state index contributed by atoms with van der Waals surface area (Å²) in [5.74, 6) is 2.50. The van der Waals surface area contributed by atoms with Crippen LogP contribution in [0.3, 0.4) is 0 Å². The number of allylic oxidation sites excluding steroid dienone is 1. The molecule has 0 bridgehead atoms. The minimum Gasteiger partial charge on any atom is -0.483 e. The van der Waals surface area contributed by atoms with Crippen molar-refractivity contribution in [2.45, 2.75) is 50.8 Å². The number of hydrogen-bond acceptors (Lipinski definition) is 4. The molecule has 1 heterocycles. The van der Waals surface area contributed by atoms with E-state index in [1.54, 1.807) is 11.8 Å². The van der Waals surface area contributed by atoms with Gasteiger partial charge in [-0.25, -0.2) is 0 Å². The predicted molar refractivity (Wildman–Crippen MR) is 116 cm³/mol. The summed E-state index contributed by atoms with van der Waals surface area (Å²) >= 11 is 1.68. The standard InChI is InChI=1S/C23H27N3OS/c1-5-14-26-22(18(4)27-21-12-10-19(6-2)11-13-21)24-25-23(26)28-16-20-9-7-8-17(3)15-20/h5,7-13,15,18H,1,6,14,16H2,2-4H3. The lowest BCUT2D eigenvalue weighted by molar-refractivity contribution is 0.210. The van der Waals surface area contributed by atoms with Crippen molar-refractivity contribution in [2.75, 3.05) is 0 Å². The van der Waals surface area contributed by atoms with Gasteiger partial charge in [-0.3, -0.25) is 4.57 Å². The maximum Gasteiger partial charge on any atom is 0.191 e. The maximum atomic E-state index is 6.11. The number of ether oxygens (including phenoxy) is 1. The van der Waals surface area contributed by atoms with Crippen molar-refractivity contribution in [1.82, 2.24) is 14.8 Å². The highest BCUT2D eigenvalue weighted by molar-refractivity contribution is 7.98. The van der Waals surface area contributed by atoms with E-state index in [2.05, 4.69) is 71.6 Å². The molecule has 3 aromatic rings. The van der Waals surface area contributed by atoms with Crippen molar-refractivity contribution in [3.05, 3.63) is 83.7 Å². The number of thioether (sulfide) groups is 1. The molecule has 0 amide bonds. The number of aromatic nitrogens is 3. The zero-order valence-electron chi connectivity index (χ0n) is 16.8. The first-order chi connectivity index (χ1) is 13.6. The van der Waals surface area contributed by atoms with E-state index < -0.39 is 0 Å². The first-order valence-corrected chi connectivity index (χ1v) is 10.6. The van der Waals surface area contributed by atoms with E-state index >= 15 is 0 Å². The summed E-state index contributed by atoms with van der Waals surface area (Å²) < 4.78 is 8.19. The molecule has 0 radical (unpaired) electrons. The second kappa shape index (κ2) is 9.60. The molecule has 146 valence electrons. The van der Waals surface area contributed by atoms with E-state index in [0.717, 1.165) is 28.9 Å². The molecule has 1 unspecified atom stereocenters. The van der Waals surface area contributed by atoms with Gasteiger partial charge in [-0.2, -0.15) is 0 Å². The number of nitrogens with zero attached hydrogens (tertiary/aromatic N) is 3. The molecule has 0 saturated carbocycles. The minimum atomic E-state index is -0.201. The number of hydrogen-bond donors (Lipinski definition) is 0. The summed E-state index contributed by atoms with van der Waals surface area (Å²) in [5, 5.41) is 9.71. The largest absolute Gasteiger partial charge is 0.483 e. The lowest BCUT2D eigenvalue weighted by Crippen LogP contribution is -2.12. The Bertz CT molecular complexity index is 918. The molecule has 1 aromatic heterocycles. The van der Waals surface area contributed by atoms with Gasteiger partial charge in [0.2, 0.25) is 0 Å². The number of rotatable bonds is 9. The fourth-order valence-electron chi connectivity index (χ4n) is 3.02. The Morgan fingerprint density at radius 2 is 1.93 bits per heavy atom. The van der Waals surface area contributed by atoms with Gasteiger partial charge in [-0.1, -0.05) is 66.7 Å². The lowest BCUT2D eigenvalue weighted by atomic mass is 10.2. The van der Waals surface area contributed by atoms with Crippen LogP contribution in [-0.4, -0.2) is 14.8 Å². The summed E-state index contributed by atoms with van der Waals surface area (Å²) in [6.45, 7) is 10.8. The van der Waals surface area contributed by atoms with E-state index in [-0.39, 0.29) is 6.10 Å². The van der Waals surface area contributed by atoms with Crippen LogP contribution in [0.15, 0.2) is 66.3 Å². The van der Waals surface area contributed by atoms with Crippen molar-refractivity contribution in [2.24, 2.45) is 0 Å². The molecule has 5 heteroatoms. The first kappa shape index (κ1) is 20.2. The van der Waals surface area contributed by atoms with Crippen LogP contribution in [0, 0.1) is 6.92 Å². The van der Waals surface area contributed by atoms with Gasteiger partial charge in [-0.15, -0.1) is 16.8 Å². The third-order valence-electron chi connectivity index (χ3n) is 4.52. The van der Waals surface area contributed by atoms with Gasteiger partial charge in [0.15, 0.2) is 17.1 Å². The number of benzene rings is 2. The average molecular weight is 394 g/mol. The van der Waals surface area contributed by atoms with Crippen LogP contribution in [0.5, 0.6) is 5.75 Å². The molecular formula is C23H27N3OS. The average Bonchev–Trinajstić information content (AvgIpc) is 3.10. The molecule has 0 aliphatic carbocycles. The normalized spacial score (nSPS) is 12.0. The molecule has 0 spiro atoms. The SMILES string of the molecule is C=CCn1c(SCc2cccc(C)c2)nnc1C(C)Oc1ccc(CC)cc1.